The first-order valence-corrected chi connectivity index (χ1v) is 12.1. The Kier molecular flexibility index (Phi) is 6.50. The zero-order chi connectivity index (χ0) is 23.1. The van der Waals surface area contributed by atoms with Gasteiger partial charge in [-0.1, -0.05) is 42.5 Å². The molecule has 180 valence electrons. The normalized spacial score (nSPS) is 18.9. The number of H-pyrrole nitrogens is 2. The van der Waals surface area contributed by atoms with Crippen molar-refractivity contribution in [3.8, 4) is 0 Å². The molecule has 0 saturated carbocycles. The van der Waals surface area contributed by atoms with Crippen LogP contribution >= 0.6 is 12.4 Å². The van der Waals surface area contributed by atoms with Gasteiger partial charge in [0.1, 0.15) is 0 Å². The summed E-state index contributed by atoms with van der Waals surface area (Å²) in [4.78, 5) is 36.2. The van der Waals surface area contributed by atoms with E-state index in [-0.39, 0.29) is 36.6 Å². The predicted molar refractivity (Wildman–Crippen MR) is 142 cm³/mol. The number of aromatic amines is 2. The molecule has 1 saturated heterocycles. The van der Waals surface area contributed by atoms with E-state index in [4.69, 9.17) is 0 Å². The van der Waals surface area contributed by atoms with E-state index in [9.17, 15) is 9.59 Å². The number of aromatic nitrogens is 2. The Balaban J connectivity index is 0.00000253. The second-order valence-corrected chi connectivity index (χ2v) is 9.31. The number of benzene rings is 2. The average Bonchev–Trinajstić information content (AvgIpc) is 3.56. The Morgan fingerprint density at radius 3 is 2.37 bits per heavy atom. The monoisotopic (exact) mass is 488 g/mol. The topological polar surface area (TPSA) is 72.2 Å². The van der Waals surface area contributed by atoms with E-state index >= 15 is 0 Å². The molecule has 0 spiro atoms. The van der Waals surface area contributed by atoms with Crippen LogP contribution in [-0.2, 0) is 9.59 Å². The smallest absolute Gasteiger partial charge is 0.237 e. The Bertz CT molecular complexity index is 1420. The number of nitrogens with zero attached hydrogens (tertiary/aromatic N) is 2. The van der Waals surface area contributed by atoms with Crippen LogP contribution in [0.1, 0.15) is 36.3 Å². The molecule has 6 rings (SSSR count). The van der Waals surface area contributed by atoms with Crippen LogP contribution in [0.3, 0.4) is 0 Å². The van der Waals surface area contributed by atoms with E-state index in [1.54, 1.807) is 0 Å². The summed E-state index contributed by atoms with van der Waals surface area (Å²) in [6, 6.07) is 16.4. The van der Waals surface area contributed by atoms with Gasteiger partial charge < -0.3 is 9.97 Å². The van der Waals surface area contributed by atoms with Gasteiger partial charge in [-0.15, -0.1) is 12.4 Å². The molecule has 2 aliphatic rings. The zero-order valence-electron chi connectivity index (χ0n) is 19.5. The summed E-state index contributed by atoms with van der Waals surface area (Å²) in [6.45, 7) is 3.26. The highest BCUT2D eigenvalue weighted by Gasteiger charge is 2.40. The minimum Gasteiger partial charge on any atom is -0.361 e. The number of hydrogen-bond donors (Lipinski definition) is 2. The van der Waals surface area contributed by atoms with Crippen LogP contribution in [0.2, 0.25) is 0 Å². The molecule has 2 N–H and O–H groups in total. The van der Waals surface area contributed by atoms with E-state index < -0.39 is 0 Å². The fourth-order valence-corrected chi connectivity index (χ4v) is 5.49. The maximum Gasteiger partial charge on any atom is 0.237 e. The lowest BCUT2D eigenvalue weighted by Gasteiger charge is -2.27. The zero-order valence-corrected chi connectivity index (χ0v) is 20.3. The summed E-state index contributed by atoms with van der Waals surface area (Å²) in [5.74, 6) is -0.490. The summed E-state index contributed by atoms with van der Waals surface area (Å²) in [6.07, 6.45) is 8.39. The van der Waals surface area contributed by atoms with Gasteiger partial charge in [-0.3, -0.25) is 19.4 Å². The van der Waals surface area contributed by atoms with Gasteiger partial charge in [0.05, 0.1) is 5.92 Å². The molecule has 2 amide bonds. The van der Waals surface area contributed by atoms with Crippen LogP contribution in [0.4, 0.5) is 0 Å². The van der Waals surface area contributed by atoms with Gasteiger partial charge in [0.25, 0.3) is 0 Å². The first kappa shape index (κ1) is 23.4. The third-order valence-electron chi connectivity index (χ3n) is 7.33. The largest absolute Gasteiger partial charge is 0.361 e. The van der Waals surface area contributed by atoms with Crippen molar-refractivity contribution in [2.45, 2.75) is 25.2 Å². The van der Waals surface area contributed by atoms with Crippen molar-refractivity contribution >= 4 is 51.6 Å². The lowest BCUT2D eigenvalue weighted by molar-refractivity contribution is -0.138. The molecule has 7 heteroatoms. The average molecular weight is 489 g/mol. The van der Waals surface area contributed by atoms with Crippen molar-refractivity contribution < 1.29 is 9.59 Å². The van der Waals surface area contributed by atoms with E-state index in [1.165, 1.54) is 26.9 Å². The second-order valence-electron chi connectivity index (χ2n) is 9.31. The molecule has 2 aromatic heterocycles. The van der Waals surface area contributed by atoms with Crippen molar-refractivity contribution in [3.63, 3.8) is 0 Å². The molecule has 6 nitrogen and oxygen atoms in total. The van der Waals surface area contributed by atoms with Gasteiger partial charge >= 0.3 is 0 Å². The molecule has 0 aliphatic carbocycles. The summed E-state index contributed by atoms with van der Waals surface area (Å²) in [5, 5.41) is 2.31. The Labute approximate surface area is 210 Å². The molecule has 35 heavy (non-hydrogen) atoms. The number of carbonyl (C=O) groups excluding carboxylic acids is 2. The number of rotatable bonds is 6. The van der Waals surface area contributed by atoms with Crippen molar-refractivity contribution in [3.05, 3.63) is 78.1 Å². The lowest BCUT2D eigenvalue weighted by Crippen LogP contribution is -2.35. The van der Waals surface area contributed by atoms with Gasteiger partial charge in [0.15, 0.2) is 0 Å². The Morgan fingerprint density at radius 2 is 1.60 bits per heavy atom. The van der Waals surface area contributed by atoms with Gasteiger partial charge in [-0.25, -0.2) is 0 Å². The highest BCUT2D eigenvalue weighted by molar-refractivity contribution is 6.08. The van der Waals surface area contributed by atoms with Crippen LogP contribution < -0.4 is 0 Å². The number of carbonyl (C=O) groups is 2. The van der Waals surface area contributed by atoms with Gasteiger partial charge in [0.2, 0.25) is 11.8 Å². The number of fused-ring (bicyclic) bond motifs is 2. The molecule has 4 aromatic rings. The minimum absolute atomic E-state index is 0. The van der Waals surface area contributed by atoms with Crippen LogP contribution in [0.5, 0.6) is 0 Å². The predicted octanol–water partition coefficient (Wildman–Crippen LogP) is 5.09. The molecule has 1 unspecified atom stereocenters. The van der Waals surface area contributed by atoms with Crippen molar-refractivity contribution in [2.75, 3.05) is 26.2 Å². The van der Waals surface area contributed by atoms with Crippen LogP contribution in [-0.4, -0.2) is 57.8 Å². The van der Waals surface area contributed by atoms with Crippen LogP contribution in [0.15, 0.2) is 67.0 Å². The molecule has 2 aliphatic heterocycles. The molecule has 0 bridgehead atoms. The van der Waals surface area contributed by atoms with E-state index in [0.29, 0.717) is 6.54 Å². The van der Waals surface area contributed by atoms with Gasteiger partial charge in [0, 0.05) is 72.4 Å². The third-order valence-corrected chi connectivity index (χ3v) is 7.33. The van der Waals surface area contributed by atoms with E-state index in [2.05, 4.69) is 51.4 Å². The number of likely N-dealkylation sites (tertiary alicyclic amines) is 1. The maximum absolute atomic E-state index is 13.1. The Morgan fingerprint density at radius 1 is 0.886 bits per heavy atom. The number of para-hydroxylation sites is 2. The van der Waals surface area contributed by atoms with Gasteiger partial charge in [-0.05, 0) is 36.1 Å². The molecular weight excluding hydrogens is 460 g/mol. The highest BCUT2D eigenvalue weighted by Crippen LogP contribution is 2.34. The molecule has 4 heterocycles. The van der Waals surface area contributed by atoms with Crippen LogP contribution in [0.25, 0.3) is 27.4 Å². The summed E-state index contributed by atoms with van der Waals surface area (Å²) >= 11 is 0. The third kappa shape index (κ3) is 4.28. The number of amides is 2. The molecule has 1 atom stereocenters. The number of nitrogens with one attached hydrogen (secondary N) is 2. The van der Waals surface area contributed by atoms with E-state index in [1.807, 2.05) is 30.5 Å². The van der Waals surface area contributed by atoms with Crippen molar-refractivity contribution in [1.29, 1.82) is 0 Å². The van der Waals surface area contributed by atoms with Crippen LogP contribution in [0, 0.1) is 0 Å². The summed E-state index contributed by atoms with van der Waals surface area (Å²) in [7, 11) is 0. The number of imide groups is 1. The van der Waals surface area contributed by atoms with Gasteiger partial charge in [-0.2, -0.15) is 0 Å². The standard InChI is InChI=1S/C28H28N4O2.ClH/c33-27-16-22(24-18-30-26-9-4-2-7-21(24)26)28(34)32(27)13-5-12-31-14-10-19(11-15-31)23-17-29-25-8-3-1-6-20(23)25;/h1-4,6-10,17-18,22,29-30H,5,11-16H2;1H. The first-order chi connectivity index (χ1) is 16.7. The minimum atomic E-state index is -0.375. The fourth-order valence-electron chi connectivity index (χ4n) is 5.49. The molecular formula is C28H29ClN4O2. The lowest BCUT2D eigenvalue weighted by atomic mass is 9.97. The number of hydrogen-bond acceptors (Lipinski definition) is 3. The quantitative estimate of drug-likeness (QED) is 0.371. The fraction of sp³-hybridized carbons (Fsp3) is 0.286. The second kappa shape index (κ2) is 9.72. The highest BCUT2D eigenvalue weighted by atomic mass is 35.5. The van der Waals surface area contributed by atoms with E-state index in [0.717, 1.165) is 48.9 Å². The SMILES string of the molecule is Cl.O=C1CC(c2c[nH]c3ccccc23)C(=O)N1CCCN1CC=C(c2c[nH]c3ccccc23)CC1. The first-order valence-electron chi connectivity index (χ1n) is 12.1. The molecule has 1 fully saturated rings. The Hall–Kier alpha value is -3.35. The molecule has 0 radical (unpaired) electrons. The summed E-state index contributed by atoms with van der Waals surface area (Å²) in [5.41, 5.74) is 5.79. The number of halogens is 1. The summed E-state index contributed by atoms with van der Waals surface area (Å²) < 4.78 is 0. The molecule has 2 aromatic carbocycles. The van der Waals surface area contributed by atoms with Crippen molar-refractivity contribution in [1.82, 2.24) is 19.8 Å². The van der Waals surface area contributed by atoms with Crippen molar-refractivity contribution in [2.24, 2.45) is 0 Å². The maximum atomic E-state index is 13.1.